The van der Waals surface area contributed by atoms with Crippen LogP contribution in [0.4, 0.5) is 0 Å². The molecule has 0 saturated carbocycles. The molecule has 0 aromatic heterocycles. The summed E-state index contributed by atoms with van der Waals surface area (Å²) in [5, 5.41) is 31.5. The SMILES string of the molecule is CSC1N=C(C(CCC(N)=O)C(=O)O)C([N+](=O)[O-])=C(Oc2ccc(C#N)c(C(N)=O)c2)N1N. The fourth-order valence-electron chi connectivity index (χ4n) is 2.93. The number of carboxylic acid groups (broad SMARTS) is 1. The third-order valence-corrected chi connectivity index (χ3v) is 5.21. The van der Waals surface area contributed by atoms with Crippen LogP contribution in [0.25, 0.3) is 0 Å². The number of aliphatic carboxylic acids is 1. The molecule has 2 atom stereocenters. The topological polar surface area (TPSA) is 241 Å². The quantitative estimate of drug-likeness (QED) is 0.194. The zero-order valence-corrected chi connectivity index (χ0v) is 17.9. The maximum atomic E-state index is 11.9. The van der Waals surface area contributed by atoms with Gasteiger partial charge in [-0.3, -0.25) is 24.5 Å². The Balaban J connectivity index is 2.65. The van der Waals surface area contributed by atoms with E-state index in [1.54, 1.807) is 12.3 Å². The normalized spacial score (nSPS) is 16.5. The molecule has 2 amide bonds. The number of ether oxygens (including phenoxy) is 1. The summed E-state index contributed by atoms with van der Waals surface area (Å²) in [5.74, 6) is 0.544. The van der Waals surface area contributed by atoms with Gasteiger partial charge in [0.2, 0.25) is 11.8 Å². The molecule has 1 aromatic carbocycles. The summed E-state index contributed by atoms with van der Waals surface area (Å²) in [7, 11) is 0. The number of benzene rings is 1. The van der Waals surface area contributed by atoms with E-state index in [0.717, 1.165) is 22.8 Å². The summed E-state index contributed by atoms with van der Waals surface area (Å²) in [6.07, 6.45) is 0.875. The maximum Gasteiger partial charge on any atom is 0.352 e. The number of nitro groups is 1. The minimum atomic E-state index is -1.55. The van der Waals surface area contributed by atoms with Crippen LogP contribution in [0.1, 0.15) is 28.8 Å². The predicted molar refractivity (Wildman–Crippen MR) is 115 cm³/mol. The summed E-state index contributed by atoms with van der Waals surface area (Å²) >= 11 is 1.03. The Kier molecular flexibility index (Phi) is 7.94. The van der Waals surface area contributed by atoms with Crippen molar-refractivity contribution in [3.05, 3.63) is 51.0 Å². The molecule has 2 unspecified atom stereocenters. The van der Waals surface area contributed by atoms with Crippen molar-refractivity contribution in [2.45, 2.75) is 18.3 Å². The van der Waals surface area contributed by atoms with Crippen LogP contribution in [0.2, 0.25) is 0 Å². The Morgan fingerprint density at radius 1 is 1.42 bits per heavy atom. The average molecular weight is 477 g/mol. The zero-order chi connectivity index (χ0) is 24.9. The van der Waals surface area contributed by atoms with Crippen molar-refractivity contribution in [3.63, 3.8) is 0 Å². The third kappa shape index (κ3) is 5.56. The molecule has 0 fully saturated rings. The minimum absolute atomic E-state index is 0.0480. The maximum absolute atomic E-state index is 11.9. The fourth-order valence-corrected chi connectivity index (χ4v) is 3.47. The van der Waals surface area contributed by atoms with Gasteiger partial charge in [0.25, 0.3) is 5.88 Å². The Morgan fingerprint density at radius 2 is 2.09 bits per heavy atom. The number of carbonyl (C=O) groups is 3. The van der Waals surface area contributed by atoms with Crippen LogP contribution in [0.15, 0.2) is 34.8 Å². The molecule has 1 heterocycles. The lowest BCUT2D eigenvalue weighted by molar-refractivity contribution is -0.420. The molecule has 2 rings (SSSR count). The first-order valence-electron chi connectivity index (χ1n) is 9.08. The number of thioether (sulfide) groups is 1. The summed E-state index contributed by atoms with van der Waals surface area (Å²) < 4.78 is 5.59. The van der Waals surface area contributed by atoms with Crippen LogP contribution in [0.3, 0.4) is 0 Å². The second kappa shape index (κ2) is 10.4. The van der Waals surface area contributed by atoms with Gasteiger partial charge in [0.1, 0.15) is 17.4 Å². The number of allylic oxidation sites excluding steroid dienone is 1. The number of aliphatic imine (C=N–C) groups is 1. The highest BCUT2D eigenvalue weighted by molar-refractivity contribution is 7.99. The number of carboxylic acids is 1. The predicted octanol–water partition coefficient (Wildman–Crippen LogP) is -0.275. The first kappa shape index (κ1) is 25.1. The number of rotatable bonds is 10. The monoisotopic (exact) mass is 477 g/mol. The van der Waals surface area contributed by atoms with E-state index in [4.69, 9.17) is 27.3 Å². The van der Waals surface area contributed by atoms with Gasteiger partial charge in [-0.15, -0.1) is 11.8 Å². The van der Waals surface area contributed by atoms with Gasteiger partial charge in [0.15, 0.2) is 5.50 Å². The second-order valence-electron chi connectivity index (χ2n) is 6.58. The Morgan fingerprint density at radius 3 is 2.58 bits per heavy atom. The summed E-state index contributed by atoms with van der Waals surface area (Å²) in [5.41, 5.74) is 7.80. The molecule has 33 heavy (non-hydrogen) atoms. The van der Waals surface area contributed by atoms with Gasteiger partial charge in [0, 0.05) is 6.42 Å². The summed E-state index contributed by atoms with van der Waals surface area (Å²) in [6, 6.07) is 5.35. The molecule has 0 bridgehead atoms. The van der Waals surface area contributed by atoms with Crippen molar-refractivity contribution in [1.29, 1.82) is 5.26 Å². The van der Waals surface area contributed by atoms with Crippen molar-refractivity contribution in [2.24, 2.45) is 28.2 Å². The first-order chi connectivity index (χ1) is 15.5. The second-order valence-corrected chi connectivity index (χ2v) is 7.47. The van der Waals surface area contributed by atoms with E-state index in [0.29, 0.717) is 0 Å². The average Bonchev–Trinajstić information content (AvgIpc) is 2.74. The Hall–Kier alpha value is -4.16. The lowest BCUT2D eigenvalue weighted by Crippen LogP contribution is -2.47. The number of nitrogens with two attached hydrogens (primary N) is 3. The van der Waals surface area contributed by atoms with Gasteiger partial charge < -0.3 is 21.3 Å². The molecule has 0 aliphatic carbocycles. The third-order valence-electron chi connectivity index (χ3n) is 4.46. The van der Waals surface area contributed by atoms with Crippen LogP contribution < -0.4 is 22.0 Å². The van der Waals surface area contributed by atoms with Gasteiger partial charge in [-0.25, -0.2) is 15.8 Å². The fraction of sp³-hybridized carbons (Fsp3) is 0.278. The summed E-state index contributed by atoms with van der Waals surface area (Å²) in [4.78, 5) is 49.8. The molecule has 1 aromatic rings. The van der Waals surface area contributed by atoms with Gasteiger partial charge in [-0.05, 0) is 30.9 Å². The molecule has 1 aliphatic heterocycles. The Labute approximate surface area is 190 Å². The molecule has 0 saturated heterocycles. The largest absolute Gasteiger partial charge is 0.481 e. The van der Waals surface area contributed by atoms with Gasteiger partial charge in [-0.2, -0.15) is 5.26 Å². The molecule has 0 spiro atoms. The van der Waals surface area contributed by atoms with Crippen molar-refractivity contribution >= 4 is 35.3 Å². The van der Waals surface area contributed by atoms with E-state index in [9.17, 15) is 29.6 Å². The lowest BCUT2D eigenvalue weighted by Gasteiger charge is -2.31. The number of hydrazine groups is 1. The highest BCUT2D eigenvalue weighted by Gasteiger charge is 2.43. The molecule has 0 radical (unpaired) electrons. The standard InChI is InChI=1S/C18H19N7O7S/c1-33-18-23-13(10(17(28)29)4-5-12(20)26)14(25(30)31)16(24(18)22)32-9-3-2-8(7-19)11(6-9)15(21)27/h2-3,6,10,18H,4-5,22H2,1H3,(H2,20,26)(H2,21,27)(H,28,29). The highest BCUT2D eigenvalue weighted by Crippen LogP contribution is 2.31. The van der Waals surface area contributed by atoms with E-state index in [2.05, 4.69) is 4.99 Å². The van der Waals surface area contributed by atoms with E-state index in [1.807, 2.05) is 0 Å². The van der Waals surface area contributed by atoms with Crippen molar-refractivity contribution < 1.29 is 29.2 Å². The number of carbonyl (C=O) groups excluding carboxylic acids is 2. The van der Waals surface area contributed by atoms with E-state index in [1.165, 1.54) is 12.1 Å². The molecular formula is C18H19N7O7S. The Bertz CT molecular complexity index is 1110. The van der Waals surface area contributed by atoms with E-state index < -0.39 is 51.4 Å². The zero-order valence-electron chi connectivity index (χ0n) is 17.1. The molecule has 15 heteroatoms. The number of hydrogen-bond acceptors (Lipinski definition) is 11. The first-order valence-corrected chi connectivity index (χ1v) is 10.4. The van der Waals surface area contributed by atoms with Gasteiger partial charge >= 0.3 is 11.7 Å². The molecule has 1 aliphatic rings. The highest BCUT2D eigenvalue weighted by atomic mass is 32.2. The molecule has 7 N–H and O–H groups in total. The molecular weight excluding hydrogens is 458 g/mol. The lowest BCUT2D eigenvalue weighted by atomic mass is 9.94. The van der Waals surface area contributed by atoms with Crippen LogP contribution >= 0.6 is 11.8 Å². The number of amides is 2. The van der Waals surface area contributed by atoms with E-state index in [-0.39, 0.29) is 29.7 Å². The van der Waals surface area contributed by atoms with Crippen molar-refractivity contribution in [2.75, 3.05) is 6.26 Å². The van der Waals surface area contributed by atoms with Crippen LogP contribution in [-0.2, 0) is 9.59 Å². The number of nitrogens with zero attached hydrogens (tertiary/aromatic N) is 4. The minimum Gasteiger partial charge on any atom is -0.481 e. The smallest absolute Gasteiger partial charge is 0.352 e. The van der Waals surface area contributed by atoms with Crippen molar-refractivity contribution in [3.8, 4) is 11.8 Å². The molecule has 14 nitrogen and oxygen atoms in total. The summed E-state index contributed by atoms with van der Waals surface area (Å²) in [6.45, 7) is 0. The van der Waals surface area contributed by atoms with Crippen molar-refractivity contribution in [1.82, 2.24) is 5.01 Å². The number of primary amides is 2. The van der Waals surface area contributed by atoms with Gasteiger partial charge in [0.05, 0.1) is 22.1 Å². The molecule has 174 valence electrons. The number of nitriles is 1. The van der Waals surface area contributed by atoms with E-state index >= 15 is 0 Å². The van der Waals surface area contributed by atoms with Gasteiger partial charge in [-0.1, -0.05) is 0 Å². The van der Waals surface area contributed by atoms with Crippen LogP contribution in [0, 0.1) is 27.4 Å². The van der Waals surface area contributed by atoms with Crippen LogP contribution in [0.5, 0.6) is 5.75 Å². The van der Waals surface area contributed by atoms with Crippen LogP contribution in [-0.4, -0.2) is 50.3 Å². The number of hydrogen-bond donors (Lipinski definition) is 4.